The molecule has 3 aromatic rings. The predicted octanol–water partition coefficient (Wildman–Crippen LogP) is 5.54. The zero-order chi connectivity index (χ0) is 23.4. The van der Waals surface area contributed by atoms with Crippen molar-refractivity contribution in [3.63, 3.8) is 0 Å². The molecule has 0 unspecified atom stereocenters. The molecule has 4 rings (SSSR count). The molecule has 1 aromatic heterocycles. The van der Waals surface area contributed by atoms with Crippen LogP contribution in [-0.2, 0) is 4.74 Å². The second-order valence-corrected chi connectivity index (χ2v) is 8.23. The average molecular weight is 464 g/mol. The summed E-state index contributed by atoms with van der Waals surface area (Å²) in [5, 5.41) is 0.635. The average Bonchev–Trinajstić information content (AvgIpc) is 3.22. The maximum absolute atomic E-state index is 12.8. The van der Waals surface area contributed by atoms with E-state index in [4.69, 9.17) is 21.1 Å². The lowest BCUT2D eigenvalue weighted by molar-refractivity contribution is 0.0303. The Morgan fingerprint density at radius 1 is 1.18 bits per heavy atom. The number of aliphatic imine (C=N–C) groups is 1. The molecular weight excluding hydrogens is 438 g/mol. The lowest BCUT2D eigenvalue weighted by atomic mass is 10.0. The fraction of sp³-hybridized carbons (Fsp3) is 0.231. The number of methoxy groups -OCH3 is 1. The number of allylic oxidation sites excluding steroid dienone is 1. The molecule has 0 saturated carbocycles. The molecule has 170 valence electrons. The third-order valence-corrected chi connectivity index (χ3v) is 5.93. The van der Waals surface area contributed by atoms with E-state index < -0.39 is 0 Å². The number of carbonyl (C=O) groups is 1. The first-order valence-electron chi connectivity index (χ1n) is 10.7. The molecule has 1 aliphatic heterocycles. The topological polar surface area (TPSA) is 66.9 Å². The summed E-state index contributed by atoms with van der Waals surface area (Å²) >= 11 is 6.20. The van der Waals surface area contributed by atoms with E-state index in [1.54, 1.807) is 19.4 Å². The van der Waals surface area contributed by atoms with Crippen LogP contribution in [0.25, 0.3) is 16.7 Å². The van der Waals surface area contributed by atoms with Gasteiger partial charge in [0.2, 0.25) is 0 Å². The van der Waals surface area contributed by atoms with Crippen LogP contribution in [0, 0.1) is 6.92 Å². The molecule has 1 amide bonds. The van der Waals surface area contributed by atoms with Crippen molar-refractivity contribution in [1.29, 1.82) is 0 Å². The van der Waals surface area contributed by atoms with Gasteiger partial charge in [-0.1, -0.05) is 30.3 Å². The van der Waals surface area contributed by atoms with Crippen molar-refractivity contribution < 1.29 is 14.3 Å². The van der Waals surface area contributed by atoms with Crippen LogP contribution < -0.4 is 4.74 Å². The second kappa shape index (κ2) is 10.1. The van der Waals surface area contributed by atoms with Crippen LogP contribution in [0.3, 0.4) is 0 Å². The van der Waals surface area contributed by atoms with Gasteiger partial charge < -0.3 is 19.4 Å². The van der Waals surface area contributed by atoms with Gasteiger partial charge in [-0.15, -0.1) is 0 Å². The highest BCUT2D eigenvalue weighted by Gasteiger charge is 2.19. The summed E-state index contributed by atoms with van der Waals surface area (Å²) in [7, 11) is 1.63. The molecule has 6 nitrogen and oxygen atoms in total. The van der Waals surface area contributed by atoms with Crippen molar-refractivity contribution in [1.82, 2.24) is 9.88 Å². The number of hydrogen-bond acceptors (Lipinski definition) is 4. The van der Waals surface area contributed by atoms with Gasteiger partial charge in [-0.3, -0.25) is 4.79 Å². The van der Waals surface area contributed by atoms with Crippen molar-refractivity contribution in [2.45, 2.75) is 6.92 Å². The minimum Gasteiger partial charge on any atom is -0.496 e. The maximum atomic E-state index is 12.8. The number of morpholine rings is 1. The van der Waals surface area contributed by atoms with Crippen molar-refractivity contribution in [3.05, 3.63) is 77.0 Å². The van der Waals surface area contributed by atoms with Crippen LogP contribution in [-0.4, -0.2) is 55.4 Å². The van der Waals surface area contributed by atoms with E-state index in [9.17, 15) is 4.79 Å². The summed E-state index contributed by atoms with van der Waals surface area (Å²) in [6.45, 7) is 8.49. The minimum atomic E-state index is 0.00483. The van der Waals surface area contributed by atoms with Gasteiger partial charge in [0.1, 0.15) is 11.6 Å². The Morgan fingerprint density at radius 2 is 1.94 bits per heavy atom. The van der Waals surface area contributed by atoms with E-state index in [-0.39, 0.29) is 5.91 Å². The van der Waals surface area contributed by atoms with Crippen LogP contribution in [0.15, 0.2) is 60.2 Å². The predicted molar refractivity (Wildman–Crippen MR) is 133 cm³/mol. The normalized spacial score (nSPS) is 14.0. The number of rotatable bonds is 6. The van der Waals surface area contributed by atoms with Crippen LogP contribution in [0.1, 0.15) is 21.5 Å². The third kappa shape index (κ3) is 5.02. The molecule has 0 aliphatic carbocycles. The number of hydrogen-bond donors (Lipinski definition) is 1. The van der Waals surface area contributed by atoms with Gasteiger partial charge >= 0.3 is 0 Å². The summed E-state index contributed by atoms with van der Waals surface area (Å²) < 4.78 is 10.8. The largest absolute Gasteiger partial charge is 0.496 e. The number of ether oxygens (including phenoxy) is 2. The summed E-state index contributed by atoms with van der Waals surface area (Å²) in [4.78, 5) is 22.4. The Kier molecular flexibility index (Phi) is 6.96. The number of aromatic amines is 1. The van der Waals surface area contributed by atoms with E-state index in [0.29, 0.717) is 48.3 Å². The SMILES string of the molecule is C=C(/C=N\c1[nH]cc(-c2cc(Cl)ccc2OC)c1C)c1cccc(C(=O)N2CCOCC2)c1. The summed E-state index contributed by atoms with van der Waals surface area (Å²) in [6, 6.07) is 13.0. The molecule has 1 aliphatic rings. The van der Waals surface area contributed by atoms with E-state index in [2.05, 4.69) is 16.6 Å². The molecule has 1 saturated heterocycles. The Morgan fingerprint density at radius 3 is 2.70 bits per heavy atom. The fourth-order valence-electron chi connectivity index (χ4n) is 3.81. The van der Waals surface area contributed by atoms with Crippen molar-refractivity contribution in [2.24, 2.45) is 4.99 Å². The van der Waals surface area contributed by atoms with Crippen molar-refractivity contribution in [3.8, 4) is 16.9 Å². The monoisotopic (exact) mass is 463 g/mol. The summed E-state index contributed by atoms with van der Waals surface area (Å²) in [6.07, 6.45) is 3.59. The number of benzene rings is 2. The number of nitrogens with one attached hydrogen (secondary N) is 1. The third-order valence-electron chi connectivity index (χ3n) is 5.69. The van der Waals surface area contributed by atoms with Crippen molar-refractivity contribution in [2.75, 3.05) is 33.4 Å². The highest BCUT2D eigenvalue weighted by atomic mass is 35.5. The highest BCUT2D eigenvalue weighted by molar-refractivity contribution is 6.31. The Bertz CT molecular complexity index is 1210. The molecule has 0 atom stereocenters. The standard InChI is InChI=1S/C26H26ClN3O3/c1-17(19-5-4-6-20(13-19)26(31)30-9-11-33-12-10-30)15-28-25-18(2)23(16-29-25)22-14-21(27)7-8-24(22)32-3/h4-8,13-16,29H,1,9-12H2,2-3H3/b28-15-. The fourth-order valence-corrected chi connectivity index (χ4v) is 3.98. The summed E-state index contributed by atoms with van der Waals surface area (Å²) in [5.74, 6) is 1.46. The lowest BCUT2D eigenvalue weighted by Crippen LogP contribution is -2.40. The Labute approximate surface area is 198 Å². The number of H-pyrrole nitrogens is 1. The van der Waals surface area contributed by atoms with Gasteiger partial charge in [0, 0.05) is 52.8 Å². The molecule has 2 aromatic carbocycles. The quantitative estimate of drug-likeness (QED) is 0.488. The molecule has 0 spiro atoms. The van der Waals surface area contributed by atoms with E-state index >= 15 is 0 Å². The first-order valence-corrected chi connectivity index (χ1v) is 11.1. The van der Waals surface area contributed by atoms with Crippen molar-refractivity contribution >= 4 is 35.1 Å². The van der Waals surface area contributed by atoms with Gasteiger partial charge in [-0.25, -0.2) is 4.99 Å². The smallest absolute Gasteiger partial charge is 0.254 e. The zero-order valence-electron chi connectivity index (χ0n) is 18.7. The summed E-state index contributed by atoms with van der Waals surface area (Å²) in [5.41, 5.74) is 5.02. The molecule has 33 heavy (non-hydrogen) atoms. The molecule has 2 heterocycles. The van der Waals surface area contributed by atoms with Crippen LogP contribution in [0.4, 0.5) is 5.82 Å². The lowest BCUT2D eigenvalue weighted by Gasteiger charge is -2.27. The van der Waals surface area contributed by atoms with Gasteiger partial charge in [0.25, 0.3) is 5.91 Å². The van der Waals surface area contributed by atoms with Gasteiger partial charge in [-0.2, -0.15) is 0 Å². The second-order valence-electron chi connectivity index (χ2n) is 7.79. The van der Waals surface area contributed by atoms with Gasteiger partial charge in [0.15, 0.2) is 0 Å². The molecule has 0 radical (unpaired) electrons. The van der Waals surface area contributed by atoms with Crippen LogP contribution in [0.5, 0.6) is 5.75 Å². The van der Waals surface area contributed by atoms with Crippen LogP contribution in [0.2, 0.25) is 5.02 Å². The van der Waals surface area contributed by atoms with E-state index in [0.717, 1.165) is 28.0 Å². The number of carbonyl (C=O) groups excluding carboxylic acids is 1. The molecular formula is C26H26ClN3O3. The Hall–Kier alpha value is -3.35. The first-order chi connectivity index (χ1) is 16.0. The molecule has 7 heteroatoms. The van der Waals surface area contributed by atoms with Crippen LogP contribution >= 0.6 is 11.6 Å². The number of halogens is 1. The highest BCUT2D eigenvalue weighted by Crippen LogP contribution is 2.37. The number of amides is 1. The van der Waals surface area contributed by atoms with E-state index in [1.165, 1.54) is 0 Å². The number of aromatic nitrogens is 1. The number of nitrogens with zero attached hydrogens (tertiary/aromatic N) is 2. The molecule has 1 N–H and O–H groups in total. The first kappa shape index (κ1) is 22.8. The molecule has 0 bridgehead atoms. The minimum absolute atomic E-state index is 0.00483. The Balaban J connectivity index is 1.53. The molecule has 1 fully saturated rings. The maximum Gasteiger partial charge on any atom is 0.254 e. The van der Waals surface area contributed by atoms with E-state index in [1.807, 2.05) is 54.4 Å². The zero-order valence-corrected chi connectivity index (χ0v) is 19.5. The van der Waals surface area contributed by atoms with Gasteiger partial charge in [-0.05, 0) is 48.4 Å². The van der Waals surface area contributed by atoms with Gasteiger partial charge in [0.05, 0.1) is 20.3 Å².